The van der Waals surface area contributed by atoms with Crippen molar-refractivity contribution in [3.8, 4) is 33.4 Å². The number of nitrogens with zero attached hydrogens (tertiary/aromatic N) is 1. The summed E-state index contributed by atoms with van der Waals surface area (Å²) in [5.74, 6) is 0.568. The SMILES string of the molecule is CC1(C)c2ccccc2C2(c3ccc(-c4ccc(N(c5ccc(-c6ccccc6)cc5)c5ccc(-c6ccccc6)cc5)cc4)cc3C3C=CC=CC32)c2ccccc21. The Bertz CT molecular complexity index is 2750. The third-order valence-electron chi connectivity index (χ3n) is 13.4. The standard InChI is InChI=1S/C58H45N/c1-57(2)53-21-11-13-23-55(53)58(56-24-14-12-22-54(56)57)51-20-10-9-19-49(51)50-39-45(31-38-52(50)58)44-29-36-48(37-30-44)59(46-32-25-42(26-33-46)40-15-5-3-6-16-40)47-34-27-43(28-35-47)41-17-7-4-8-18-41/h3-39,49,51H,1-2H3. The van der Waals surface area contributed by atoms with Gasteiger partial charge in [-0.3, -0.25) is 0 Å². The van der Waals surface area contributed by atoms with Gasteiger partial charge in [0.05, 0.1) is 5.41 Å². The van der Waals surface area contributed by atoms with Gasteiger partial charge in [0.25, 0.3) is 0 Å². The lowest BCUT2D eigenvalue weighted by Crippen LogP contribution is -2.44. The fourth-order valence-electron chi connectivity index (χ4n) is 10.7. The second-order valence-corrected chi connectivity index (χ2v) is 16.9. The van der Waals surface area contributed by atoms with E-state index in [1.54, 1.807) is 0 Å². The van der Waals surface area contributed by atoms with Gasteiger partial charge in [0.1, 0.15) is 0 Å². The van der Waals surface area contributed by atoms with Crippen LogP contribution in [0.1, 0.15) is 53.1 Å². The average Bonchev–Trinajstić information content (AvgIpc) is 3.60. The summed E-state index contributed by atoms with van der Waals surface area (Å²) in [6.45, 7) is 4.80. The molecule has 3 aliphatic rings. The molecule has 0 bridgehead atoms. The van der Waals surface area contributed by atoms with Crippen LogP contribution in [-0.4, -0.2) is 0 Å². The van der Waals surface area contributed by atoms with E-state index < -0.39 is 0 Å². The zero-order valence-corrected chi connectivity index (χ0v) is 33.5. The van der Waals surface area contributed by atoms with Crippen LogP contribution in [0.2, 0.25) is 0 Å². The number of fused-ring (bicyclic) bond motifs is 9. The highest BCUT2D eigenvalue weighted by Crippen LogP contribution is 2.64. The van der Waals surface area contributed by atoms with E-state index in [0.29, 0.717) is 0 Å². The molecule has 0 N–H and O–H groups in total. The van der Waals surface area contributed by atoms with Crippen LogP contribution in [0.4, 0.5) is 17.1 Å². The maximum atomic E-state index is 2.49. The molecule has 0 amide bonds. The number of rotatable bonds is 6. The molecule has 3 aliphatic carbocycles. The molecule has 0 fully saturated rings. The average molecular weight is 756 g/mol. The van der Waals surface area contributed by atoms with E-state index in [0.717, 1.165) is 17.1 Å². The minimum absolute atomic E-state index is 0.0889. The van der Waals surface area contributed by atoms with Gasteiger partial charge < -0.3 is 4.90 Å². The second kappa shape index (κ2) is 13.9. The van der Waals surface area contributed by atoms with Crippen LogP contribution >= 0.6 is 0 Å². The lowest BCUT2D eigenvalue weighted by Gasteiger charge is -2.49. The van der Waals surface area contributed by atoms with Crippen LogP contribution in [0.15, 0.2) is 224 Å². The highest BCUT2D eigenvalue weighted by molar-refractivity contribution is 5.82. The second-order valence-electron chi connectivity index (χ2n) is 16.9. The van der Waals surface area contributed by atoms with Gasteiger partial charge in [0, 0.05) is 34.3 Å². The number of allylic oxidation sites excluding steroid dienone is 4. The molecule has 8 aromatic rings. The number of anilines is 3. The Kier molecular flexibility index (Phi) is 8.27. The molecule has 1 spiro atoms. The van der Waals surface area contributed by atoms with Crippen LogP contribution in [0.25, 0.3) is 33.4 Å². The summed E-state index contributed by atoms with van der Waals surface area (Å²) in [6.07, 6.45) is 9.46. The van der Waals surface area contributed by atoms with Crippen LogP contribution in [0, 0.1) is 5.92 Å². The van der Waals surface area contributed by atoms with Gasteiger partial charge in [0.15, 0.2) is 0 Å². The fourth-order valence-corrected chi connectivity index (χ4v) is 10.7. The molecule has 282 valence electrons. The molecule has 8 aromatic carbocycles. The number of hydrogen-bond donors (Lipinski definition) is 0. The van der Waals surface area contributed by atoms with Crippen molar-refractivity contribution in [3.05, 3.63) is 258 Å². The zero-order chi connectivity index (χ0) is 39.6. The van der Waals surface area contributed by atoms with Crippen LogP contribution in [-0.2, 0) is 10.8 Å². The minimum Gasteiger partial charge on any atom is -0.311 e. The van der Waals surface area contributed by atoms with E-state index in [-0.39, 0.29) is 22.7 Å². The molecular weight excluding hydrogens is 711 g/mol. The van der Waals surface area contributed by atoms with Gasteiger partial charge in [-0.05, 0) is 103 Å². The Hall–Kier alpha value is -6.96. The first-order chi connectivity index (χ1) is 29.0. The monoisotopic (exact) mass is 755 g/mol. The van der Waals surface area contributed by atoms with E-state index in [4.69, 9.17) is 0 Å². The molecule has 1 heteroatoms. The topological polar surface area (TPSA) is 3.24 Å². The summed E-state index contributed by atoms with van der Waals surface area (Å²) in [5, 5.41) is 0. The molecule has 11 rings (SSSR count). The molecule has 0 saturated heterocycles. The largest absolute Gasteiger partial charge is 0.311 e. The van der Waals surface area contributed by atoms with Crippen LogP contribution in [0.5, 0.6) is 0 Å². The summed E-state index contributed by atoms with van der Waals surface area (Å²) in [7, 11) is 0. The lowest BCUT2D eigenvalue weighted by molar-refractivity contribution is 0.420. The highest BCUT2D eigenvalue weighted by Gasteiger charge is 2.57. The normalized spacial score (nSPS) is 17.5. The van der Waals surface area contributed by atoms with Gasteiger partial charge in [-0.15, -0.1) is 0 Å². The van der Waals surface area contributed by atoms with Crippen molar-refractivity contribution in [1.29, 1.82) is 0 Å². The smallest absolute Gasteiger partial charge is 0.0531 e. The molecule has 2 atom stereocenters. The van der Waals surface area contributed by atoms with Crippen molar-refractivity contribution in [2.45, 2.75) is 30.6 Å². The Morgan fingerprint density at radius 1 is 0.356 bits per heavy atom. The number of hydrogen-bond acceptors (Lipinski definition) is 1. The summed E-state index contributed by atoms with van der Waals surface area (Å²) in [6, 6.07) is 74.1. The first kappa shape index (κ1) is 35.2. The summed E-state index contributed by atoms with van der Waals surface area (Å²) >= 11 is 0. The van der Waals surface area contributed by atoms with Gasteiger partial charge in [-0.25, -0.2) is 0 Å². The predicted molar refractivity (Wildman–Crippen MR) is 247 cm³/mol. The Labute approximate surface area is 348 Å². The molecule has 0 heterocycles. The number of benzene rings is 8. The fraction of sp³-hybridized carbons (Fsp3) is 0.103. The van der Waals surface area contributed by atoms with E-state index in [9.17, 15) is 0 Å². The van der Waals surface area contributed by atoms with Gasteiger partial charge >= 0.3 is 0 Å². The van der Waals surface area contributed by atoms with Crippen LogP contribution < -0.4 is 4.90 Å². The first-order valence-corrected chi connectivity index (χ1v) is 20.9. The van der Waals surface area contributed by atoms with Crippen molar-refractivity contribution in [1.82, 2.24) is 0 Å². The van der Waals surface area contributed by atoms with Crippen molar-refractivity contribution < 1.29 is 0 Å². The molecule has 0 aromatic heterocycles. The van der Waals surface area contributed by atoms with Gasteiger partial charge in [-0.1, -0.05) is 202 Å². The first-order valence-electron chi connectivity index (χ1n) is 20.9. The Morgan fingerprint density at radius 3 is 1.24 bits per heavy atom. The third kappa shape index (κ3) is 5.53. The summed E-state index contributed by atoms with van der Waals surface area (Å²) in [4.78, 5) is 2.36. The molecule has 1 nitrogen and oxygen atoms in total. The molecule has 0 saturated carbocycles. The lowest BCUT2D eigenvalue weighted by atomic mass is 9.53. The maximum Gasteiger partial charge on any atom is 0.0531 e. The Balaban J connectivity index is 0.997. The molecule has 59 heavy (non-hydrogen) atoms. The zero-order valence-electron chi connectivity index (χ0n) is 33.5. The van der Waals surface area contributed by atoms with Crippen molar-refractivity contribution in [3.63, 3.8) is 0 Å². The van der Waals surface area contributed by atoms with E-state index >= 15 is 0 Å². The molecule has 0 aliphatic heterocycles. The van der Waals surface area contributed by atoms with E-state index in [1.165, 1.54) is 66.8 Å². The minimum atomic E-state index is -0.265. The van der Waals surface area contributed by atoms with Crippen molar-refractivity contribution in [2.75, 3.05) is 4.90 Å². The van der Waals surface area contributed by atoms with Crippen LogP contribution in [0.3, 0.4) is 0 Å². The molecule has 2 unspecified atom stereocenters. The van der Waals surface area contributed by atoms with Gasteiger partial charge in [0.2, 0.25) is 0 Å². The van der Waals surface area contributed by atoms with Gasteiger partial charge in [-0.2, -0.15) is 0 Å². The summed E-state index contributed by atoms with van der Waals surface area (Å²) < 4.78 is 0. The van der Waals surface area contributed by atoms with E-state index in [2.05, 4.69) is 243 Å². The van der Waals surface area contributed by atoms with Crippen molar-refractivity contribution >= 4 is 17.1 Å². The molecule has 0 radical (unpaired) electrons. The molecular formula is C58H45N. The maximum absolute atomic E-state index is 2.49. The highest BCUT2D eigenvalue weighted by atomic mass is 15.1. The summed E-state index contributed by atoms with van der Waals surface area (Å²) in [5.41, 5.74) is 18.9. The Morgan fingerprint density at radius 2 is 0.746 bits per heavy atom. The predicted octanol–water partition coefficient (Wildman–Crippen LogP) is 15.0. The third-order valence-corrected chi connectivity index (χ3v) is 13.4. The van der Waals surface area contributed by atoms with Crippen molar-refractivity contribution in [2.24, 2.45) is 5.92 Å². The van der Waals surface area contributed by atoms with E-state index in [1.807, 2.05) is 0 Å². The quantitative estimate of drug-likeness (QED) is 0.163.